The first-order chi connectivity index (χ1) is 4.54. The van der Waals surface area contributed by atoms with Crippen LogP contribution in [0.25, 0.3) is 0 Å². The van der Waals surface area contributed by atoms with Crippen LogP contribution in [-0.2, 0) is 0 Å². The van der Waals surface area contributed by atoms with E-state index in [0.717, 1.165) is 19.3 Å². The van der Waals surface area contributed by atoms with Gasteiger partial charge in [0.2, 0.25) is 0 Å². The lowest BCUT2D eigenvalue weighted by Gasteiger charge is -2.33. The van der Waals surface area contributed by atoms with E-state index in [1.165, 1.54) is 0 Å². The average Bonchev–Trinajstić information content (AvgIpc) is 1.83. The molecule has 0 aliphatic heterocycles. The van der Waals surface area contributed by atoms with Crippen molar-refractivity contribution in [1.29, 1.82) is 0 Å². The number of halogens is 4. The summed E-state index contributed by atoms with van der Waals surface area (Å²) >= 11 is 23.4. The third-order valence-corrected chi connectivity index (χ3v) is 4.06. The van der Waals surface area contributed by atoms with Gasteiger partial charge >= 0.3 is 0 Å². The molecule has 4 heteroatoms. The Balaban J connectivity index is 2.60. The third kappa shape index (κ3) is 1.85. The summed E-state index contributed by atoms with van der Waals surface area (Å²) < 4.78 is -0.813. The van der Waals surface area contributed by atoms with Gasteiger partial charge in [0.25, 0.3) is 0 Å². The maximum absolute atomic E-state index is 5.87. The molecule has 0 nitrogen and oxygen atoms in total. The Labute approximate surface area is 80.8 Å². The second-order valence-corrected chi connectivity index (χ2v) is 5.14. The smallest absolute Gasteiger partial charge is 0.121 e. The highest BCUT2D eigenvalue weighted by atomic mass is 35.5. The minimum absolute atomic E-state index is 0.0783. The number of hydrogen-bond donors (Lipinski definition) is 0. The fraction of sp³-hybridized carbons (Fsp3) is 1.00. The molecule has 0 bridgehead atoms. The SMILES string of the molecule is ClC1CCCC(Cl)(Cl)C1Cl. The van der Waals surface area contributed by atoms with Crippen LogP contribution in [0.3, 0.4) is 0 Å². The van der Waals surface area contributed by atoms with Gasteiger partial charge in [0.15, 0.2) is 0 Å². The van der Waals surface area contributed by atoms with Gasteiger partial charge in [-0.3, -0.25) is 0 Å². The number of hydrogen-bond acceptors (Lipinski definition) is 0. The Morgan fingerprint density at radius 3 is 2.20 bits per heavy atom. The van der Waals surface area contributed by atoms with Crippen LogP contribution < -0.4 is 0 Å². The van der Waals surface area contributed by atoms with Crippen molar-refractivity contribution in [2.75, 3.05) is 0 Å². The van der Waals surface area contributed by atoms with E-state index in [4.69, 9.17) is 46.4 Å². The van der Waals surface area contributed by atoms with Gasteiger partial charge in [-0.2, -0.15) is 0 Å². The molecule has 10 heavy (non-hydrogen) atoms. The van der Waals surface area contributed by atoms with Crippen molar-refractivity contribution >= 4 is 46.4 Å². The van der Waals surface area contributed by atoms with Crippen molar-refractivity contribution in [3.8, 4) is 0 Å². The van der Waals surface area contributed by atoms with Crippen LogP contribution >= 0.6 is 46.4 Å². The second kappa shape index (κ2) is 3.26. The monoisotopic (exact) mass is 220 g/mol. The fourth-order valence-electron chi connectivity index (χ4n) is 1.08. The molecular weight excluding hydrogens is 214 g/mol. The van der Waals surface area contributed by atoms with Crippen molar-refractivity contribution in [2.45, 2.75) is 34.3 Å². The normalized spacial score (nSPS) is 39.6. The van der Waals surface area contributed by atoms with Crippen molar-refractivity contribution in [3.05, 3.63) is 0 Å². The average molecular weight is 222 g/mol. The standard InChI is InChI=1S/C6H8Cl4/c7-4-2-1-3-6(9,10)5(4)8/h4-5H,1-3H2. The van der Waals surface area contributed by atoms with Crippen LogP contribution in [0.2, 0.25) is 0 Å². The molecule has 1 rings (SSSR count). The summed E-state index contributed by atoms with van der Waals surface area (Å²) in [4.78, 5) is 0. The Morgan fingerprint density at radius 1 is 1.20 bits per heavy atom. The summed E-state index contributed by atoms with van der Waals surface area (Å²) in [5.74, 6) is 0. The summed E-state index contributed by atoms with van der Waals surface area (Å²) in [6.07, 6.45) is 2.62. The first-order valence-electron chi connectivity index (χ1n) is 3.20. The van der Waals surface area contributed by atoms with Crippen LogP contribution in [0.4, 0.5) is 0 Å². The van der Waals surface area contributed by atoms with Crippen molar-refractivity contribution in [3.63, 3.8) is 0 Å². The van der Waals surface area contributed by atoms with E-state index in [1.54, 1.807) is 0 Å². The molecule has 0 heterocycles. The molecule has 0 N–H and O–H groups in total. The molecule has 0 radical (unpaired) electrons. The van der Waals surface area contributed by atoms with Crippen molar-refractivity contribution < 1.29 is 0 Å². The second-order valence-electron chi connectivity index (χ2n) is 2.57. The largest absolute Gasteiger partial charge is 0.136 e. The lowest BCUT2D eigenvalue weighted by Crippen LogP contribution is -2.38. The zero-order valence-electron chi connectivity index (χ0n) is 5.29. The highest BCUT2D eigenvalue weighted by Crippen LogP contribution is 2.43. The van der Waals surface area contributed by atoms with Crippen LogP contribution in [0.1, 0.15) is 19.3 Å². The molecule has 1 saturated carbocycles. The van der Waals surface area contributed by atoms with Crippen LogP contribution in [0.5, 0.6) is 0 Å². The van der Waals surface area contributed by atoms with Gasteiger partial charge in [0.05, 0.1) is 10.8 Å². The molecule has 2 unspecified atom stereocenters. The summed E-state index contributed by atoms with van der Waals surface area (Å²) in [7, 11) is 0. The molecular formula is C6H8Cl4. The molecule has 1 aliphatic carbocycles. The Hall–Kier alpha value is 1.16. The van der Waals surface area contributed by atoms with Crippen molar-refractivity contribution in [2.24, 2.45) is 0 Å². The van der Waals surface area contributed by atoms with Gasteiger partial charge in [-0.05, 0) is 19.3 Å². The summed E-state index contributed by atoms with van der Waals surface area (Å²) in [5.41, 5.74) is 0. The molecule has 0 aromatic rings. The van der Waals surface area contributed by atoms with Gasteiger partial charge in [0.1, 0.15) is 4.33 Å². The van der Waals surface area contributed by atoms with E-state index >= 15 is 0 Å². The van der Waals surface area contributed by atoms with Crippen molar-refractivity contribution in [1.82, 2.24) is 0 Å². The fourth-order valence-corrected chi connectivity index (χ4v) is 2.39. The highest BCUT2D eigenvalue weighted by Gasteiger charge is 2.41. The van der Waals surface area contributed by atoms with E-state index in [1.807, 2.05) is 0 Å². The highest BCUT2D eigenvalue weighted by molar-refractivity contribution is 6.53. The van der Waals surface area contributed by atoms with Gasteiger partial charge < -0.3 is 0 Å². The zero-order chi connectivity index (χ0) is 7.78. The first-order valence-corrected chi connectivity index (χ1v) is 4.83. The molecule has 60 valence electrons. The van der Waals surface area contributed by atoms with E-state index in [0.29, 0.717) is 0 Å². The minimum Gasteiger partial charge on any atom is -0.121 e. The summed E-state index contributed by atoms with van der Waals surface area (Å²) in [6, 6.07) is 0. The molecule has 0 aromatic carbocycles. The predicted octanol–water partition coefficient (Wildman–Crippen LogP) is 3.56. The van der Waals surface area contributed by atoms with E-state index in [2.05, 4.69) is 0 Å². The quantitative estimate of drug-likeness (QED) is 0.549. The maximum atomic E-state index is 5.87. The molecule has 1 aliphatic rings. The molecule has 1 fully saturated rings. The molecule has 0 saturated heterocycles. The van der Waals surface area contributed by atoms with E-state index < -0.39 is 4.33 Å². The van der Waals surface area contributed by atoms with E-state index in [-0.39, 0.29) is 10.8 Å². The Kier molecular flexibility index (Phi) is 3.02. The minimum atomic E-state index is -0.813. The van der Waals surface area contributed by atoms with Crippen LogP contribution in [-0.4, -0.2) is 15.1 Å². The van der Waals surface area contributed by atoms with Gasteiger partial charge in [0, 0.05) is 0 Å². The summed E-state index contributed by atoms with van der Waals surface area (Å²) in [6.45, 7) is 0. The topological polar surface area (TPSA) is 0 Å². The third-order valence-electron chi connectivity index (χ3n) is 1.71. The van der Waals surface area contributed by atoms with Gasteiger partial charge in [-0.25, -0.2) is 0 Å². The first kappa shape index (κ1) is 9.25. The van der Waals surface area contributed by atoms with E-state index in [9.17, 15) is 0 Å². The van der Waals surface area contributed by atoms with Gasteiger partial charge in [-0.1, -0.05) is 23.2 Å². The zero-order valence-corrected chi connectivity index (χ0v) is 8.31. The molecule has 2 atom stereocenters. The maximum Gasteiger partial charge on any atom is 0.136 e. The summed E-state index contributed by atoms with van der Waals surface area (Å²) in [5, 5.41) is -0.392. The Bertz CT molecular complexity index is 123. The van der Waals surface area contributed by atoms with Crippen LogP contribution in [0, 0.1) is 0 Å². The Morgan fingerprint density at radius 2 is 1.80 bits per heavy atom. The lowest BCUT2D eigenvalue weighted by molar-refractivity contribution is 0.492. The van der Waals surface area contributed by atoms with Gasteiger partial charge in [-0.15, -0.1) is 23.2 Å². The predicted molar refractivity (Wildman–Crippen MR) is 47.6 cm³/mol. The molecule has 0 amide bonds. The number of alkyl halides is 4. The van der Waals surface area contributed by atoms with Crippen LogP contribution in [0.15, 0.2) is 0 Å². The molecule has 0 aromatic heterocycles. The number of rotatable bonds is 0. The lowest BCUT2D eigenvalue weighted by atomic mass is 9.99. The molecule has 0 spiro atoms.